The Morgan fingerprint density at radius 1 is 1.21 bits per heavy atom. The SMILES string of the molecule is CN=Cc1cc(-c2cn[nH]c2)ccc1N1C[C@@H]2C[C@@H](C1)N(C(=O)CCc1ccccc1F)C2. The molecule has 2 saturated heterocycles. The van der Waals surface area contributed by atoms with Crippen molar-refractivity contribution in [1.29, 1.82) is 0 Å². The van der Waals surface area contributed by atoms with E-state index in [1.165, 1.54) is 6.07 Å². The lowest BCUT2D eigenvalue weighted by Crippen LogP contribution is -2.44. The molecule has 170 valence electrons. The van der Waals surface area contributed by atoms with E-state index in [9.17, 15) is 9.18 Å². The second kappa shape index (κ2) is 9.17. The number of H-pyrrole nitrogens is 1. The van der Waals surface area contributed by atoms with Gasteiger partial charge in [0.15, 0.2) is 0 Å². The van der Waals surface area contributed by atoms with Crippen molar-refractivity contribution in [2.75, 3.05) is 31.6 Å². The van der Waals surface area contributed by atoms with Gasteiger partial charge in [-0.3, -0.25) is 14.9 Å². The van der Waals surface area contributed by atoms with Crippen LogP contribution in [0.25, 0.3) is 11.1 Å². The van der Waals surface area contributed by atoms with Gasteiger partial charge >= 0.3 is 0 Å². The highest BCUT2D eigenvalue weighted by molar-refractivity contribution is 5.90. The standard InChI is InChI=1S/C26H28FN5O/c1-28-12-21-11-20(22-13-29-30-14-22)6-8-25(21)31-15-18-10-23(17-31)32(16-18)26(33)9-7-19-4-2-3-5-24(19)27/h2-6,8,11-14,18,23H,7,9-10,15-17H2,1H3,(H,29,30)/t18-,23-/m0/s1. The summed E-state index contributed by atoms with van der Waals surface area (Å²) in [6.45, 7) is 2.50. The van der Waals surface area contributed by atoms with Gasteiger partial charge in [-0.15, -0.1) is 0 Å². The van der Waals surface area contributed by atoms with Crippen molar-refractivity contribution in [1.82, 2.24) is 15.1 Å². The number of nitrogens with zero attached hydrogens (tertiary/aromatic N) is 4. The van der Waals surface area contributed by atoms with E-state index in [1.807, 2.05) is 29.6 Å². The molecule has 2 aliphatic heterocycles. The highest BCUT2D eigenvalue weighted by atomic mass is 19.1. The Morgan fingerprint density at radius 2 is 2.09 bits per heavy atom. The first-order chi connectivity index (χ1) is 16.1. The summed E-state index contributed by atoms with van der Waals surface area (Å²) in [5, 5.41) is 6.92. The molecule has 33 heavy (non-hydrogen) atoms. The van der Waals surface area contributed by atoms with Crippen LogP contribution in [0.5, 0.6) is 0 Å². The molecule has 2 atom stereocenters. The number of nitrogens with one attached hydrogen (secondary N) is 1. The number of anilines is 1. The number of likely N-dealkylation sites (tertiary alicyclic amines) is 1. The van der Waals surface area contributed by atoms with E-state index in [-0.39, 0.29) is 17.8 Å². The molecule has 0 unspecified atom stereocenters. The number of aryl methyl sites for hydroxylation is 1. The molecular formula is C26H28FN5O. The molecule has 7 heteroatoms. The Morgan fingerprint density at radius 3 is 2.88 bits per heavy atom. The molecule has 2 bridgehead atoms. The molecule has 0 spiro atoms. The monoisotopic (exact) mass is 445 g/mol. The fraction of sp³-hybridized carbons (Fsp3) is 0.346. The Labute approximate surface area is 193 Å². The molecule has 1 aromatic heterocycles. The molecule has 2 aliphatic rings. The fourth-order valence-corrected chi connectivity index (χ4v) is 5.22. The number of piperidine rings is 1. The van der Waals surface area contributed by atoms with Crippen molar-refractivity contribution in [3.05, 3.63) is 71.8 Å². The minimum Gasteiger partial charge on any atom is -0.369 e. The number of benzene rings is 2. The van der Waals surface area contributed by atoms with E-state index in [4.69, 9.17) is 0 Å². The summed E-state index contributed by atoms with van der Waals surface area (Å²) < 4.78 is 13.9. The van der Waals surface area contributed by atoms with Crippen LogP contribution >= 0.6 is 0 Å². The van der Waals surface area contributed by atoms with E-state index in [2.05, 4.69) is 38.3 Å². The number of aromatic nitrogens is 2. The topological polar surface area (TPSA) is 64.6 Å². The van der Waals surface area contributed by atoms with Crippen LogP contribution in [-0.4, -0.2) is 59.9 Å². The van der Waals surface area contributed by atoms with Gasteiger partial charge in [0.25, 0.3) is 0 Å². The zero-order valence-corrected chi connectivity index (χ0v) is 18.7. The van der Waals surface area contributed by atoms with Crippen molar-refractivity contribution in [2.45, 2.75) is 25.3 Å². The minimum absolute atomic E-state index is 0.123. The molecule has 6 nitrogen and oxygen atoms in total. The summed E-state index contributed by atoms with van der Waals surface area (Å²) in [6.07, 6.45) is 7.41. The second-order valence-electron chi connectivity index (χ2n) is 8.95. The molecule has 2 fully saturated rings. The molecule has 2 aromatic carbocycles. The van der Waals surface area contributed by atoms with Gasteiger partial charge in [-0.1, -0.05) is 24.3 Å². The van der Waals surface area contributed by atoms with Crippen molar-refractivity contribution >= 4 is 17.8 Å². The first-order valence-electron chi connectivity index (χ1n) is 11.5. The Hall–Kier alpha value is -3.48. The summed E-state index contributed by atoms with van der Waals surface area (Å²) in [7, 11) is 1.78. The van der Waals surface area contributed by atoms with Crippen molar-refractivity contribution < 1.29 is 9.18 Å². The number of carbonyl (C=O) groups excluding carboxylic acids is 1. The lowest BCUT2D eigenvalue weighted by atomic mass is 9.97. The van der Waals surface area contributed by atoms with Gasteiger partial charge in [0.1, 0.15) is 5.82 Å². The van der Waals surface area contributed by atoms with Crippen LogP contribution in [0.1, 0.15) is 24.0 Å². The third-order valence-electron chi connectivity index (χ3n) is 6.77. The molecular weight excluding hydrogens is 417 g/mol. The first kappa shape index (κ1) is 21.4. The average Bonchev–Trinajstić information content (AvgIpc) is 3.46. The van der Waals surface area contributed by atoms with Crippen molar-refractivity contribution in [3.8, 4) is 11.1 Å². The predicted molar refractivity (Wildman–Crippen MR) is 128 cm³/mol. The molecule has 0 aliphatic carbocycles. The number of hydrogen-bond donors (Lipinski definition) is 1. The van der Waals surface area contributed by atoms with E-state index in [0.717, 1.165) is 48.4 Å². The largest absolute Gasteiger partial charge is 0.369 e. The zero-order chi connectivity index (χ0) is 22.8. The van der Waals surface area contributed by atoms with Gasteiger partial charge in [-0.05, 0) is 48.1 Å². The molecule has 3 heterocycles. The molecule has 1 amide bonds. The maximum absolute atomic E-state index is 13.9. The zero-order valence-electron chi connectivity index (χ0n) is 18.7. The number of fused-ring (bicyclic) bond motifs is 2. The number of aromatic amines is 1. The number of hydrogen-bond acceptors (Lipinski definition) is 4. The summed E-state index contributed by atoms with van der Waals surface area (Å²) >= 11 is 0. The van der Waals surface area contributed by atoms with E-state index in [0.29, 0.717) is 24.3 Å². The predicted octanol–water partition coefficient (Wildman–Crippen LogP) is 3.93. The van der Waals surface area contributed by atoms with Crippen molar-refractivity contribution in [2.24, 2.45) is 10.9 Å². The normalized spacial score (nSPS) is 20.1. The number of amides is 1. The minimum atomic E-state index is -0.236. The van der Waals surface area contributed by atoms with Gasteiger partial charge in [-0.2, -0.15) is 5.10 Å². The smallest absolute Gasteiger partial charge is 0.223 e. The van der Waals surface area contributed by atoms with Crippen LogP contribution in [-0.2, 0) is 11.2 Å². The van der Waals surface area contributed by atoms with Gasteiger partial charge in [0, 0.05) is 68.4 Å². The number of aliphatic imine (C=N–C) groups is 1. The first-order valence-corrected chi connectivity index (χ1v) is 11.5. The van der Waals surface area contributed by atoms with Gasteiger partial charge in [0.05, 0.1) is 6.20 Å². The Bertz CT molecular complexity index is 1160. The molecule has 5 rings (SSSR count). The van der Waals surface area contributed by atoms with Crippen LogP contribution in [0.3, 0.4) is 0 Å². The van der Waals surface area contributed by atoms with Crippen LogP contribution in [0.2, 0.25) is 0 Å². The van der Waals surface area contributed by atoms with Gasteiger partial charge < -0.3 is 9.80 Å². The molecule has 0 saturated carbocycles. The van der Waals surface area contributed by atoms with Crippen LogP contribution in [0, 0.1) is 11.7 Å². The van der Waals surface area contributed by atoms with Gasteiger partial charge in [-0.25, -0.2) is 4.39 Å². The van der Waals surface area contributed by atoms with Crippen molar-refractivity contribution in [3.63, 3.8) is 0 Å². The third kappa shape index (κ3) is 4.40. The average molecular weight is 446 g/mol. The Kier molecular flexibility index (Phi) is 5.94. The van der Waals surface area contributed by atoms with Crippen LogP contribution in [0.4, 0.5) is 10.1 Å². The maximum Gasteiger partial charge on any atom is 0.223 e. The van der Waals surface area contributed by atoms with Gasteiger partial charge in [0.2, 0.25) is 5.91 Å². The number of halogens is 1. The lowest BCUT2D eigenvalue weighted by molar-refractivity contribution is -0.131. The maximum atomic E-state index is 13.9. The number of rotatable bonds is 6. The Balaban J connectivity index is 1.30. The number of carbonyl (C=O) groups is 1. The van der Waals surface area contributed by atoms with E-state index >= 15 is 0 Å². The third-order valence-corrected chi connectivity index (χ3v) is 6.77. The van der Waals surface area contributed by atoms with E-state index < -0.39 is 0 Å². The highest BCUT2D eigenvalue weighted by Crippen LogP contribution is 2.35. The lowest BCUT2D eigenvalue weighted by Gasteiger charge is -2.35. The molecule has 1 N–H and O–H groups in total. The van der Waals surface area contributed by atoms with Crippen LogP contribution < -0.4 is 4.90 Å². The molecule has 0 radical (unpaired) electrons. The summed E-state index contributed by atoms with van der Waals surface area (Å²) in [6, 6.07) is 13.3. The summed E-state index contributed by atoms with van der Waals surface area (Å²) in [4.78, 5) is 21.7. The summed E-state index contributed by atoms with van der Waals surface area (Å²) in [5.74, 6) is 0.333. The highest BCUT2D eigenvalue weighted by Gasteiger charge is 2.41. The quantitative estimate of drug-likeness (QED) is 0.585. The summed E-state index contributed by atoms with van der Waals surface area (Å²) in [5.41, 5.74) is 4.94. The van der Waals surface area contributed by atoms with E-state index in [1.54, 1.807) is 19.2 Å². The molecule has 3 aromatic rings. The fourth-order valence-electron chi connectivity index (χ4n) is 5.22. The second-order valence-corrected chi connectivity index (χ2v) is 8.95. The van der Waals surface area contributed by atoms with Crippen LogP contribution in [0.15, 0.2) is 59.9 Å².